The molecular weight excluding hydrogens is 340 g/mol. The van der Waals surface area contributed by atoms with E-state index in [4.69, 9.17) is 11.6 Å². The van der Waals surface area contributed by atoms with Gasteiger partial charge < -0.3 is 0 Å². The monoisotopic (exact) mass is 356 g/mol. The van der Waals surface area contributed by atoms with Crippen LogP contribution in [0.15, 0.2) is 54.6 Å². The Morgan fingerprint density at radius 3 is 2.16 bits per heavy atom. The van der Waals surface area contributed by atoms with Gasteiger partial charge in [-0.1, -0.05) is 41.9 Å². The number of nitrogens with zero attached hydrogens (tertiary/aromatic N) is 2. The van der Waals surface area contributed by atoms with Gasteiger partial charge in [0.05, 0.1) is 6.54 Å². The maximum Gasteiger partial charge on any atom is 0.273 e. The molecule has 6 heteroatoms. The van der Waals surface area contributed by atoms with Crippen molar-refractivity contribution in [1.82, 2.24) is 10.0 Å². The summed E-state index contributed by atoms with van der Waals surface area (Å²) in [6, 6.07) is 15.6. The summed E-state index contributed by atoms with van der Waals surface area (Å²) in [5.74, 6) is -1.12. The third-order valence-corrected chi connectivity index (χ3v) is 4.25. The minimum atomic E-state index is -0.413. The lowest BCUT2D eigenvalue weighted by atomic mass is 10.1. The first-order chi connectivity index (χ1) is 12.1. The van der Waals surface area contributed by atoms with Crippen LogP contribution in [0.25, 0.3) is 0 Å². The molecule has 3 rings (SSSR count). The first kappa shape index (κ1) is 17.2. The molecule has 0 aromatic heterocycles. The number of carbonyl (C=O) groups excluding carboxylic acids is 3. The van der Waals surface area contributed by atoms with Crippen molar-refractivity contribution in [2.24, 2.45) is 0 Å². The van der Waals surface area contributed by atoms with Crippen LogP contribution in [-0.2, 0) is 16.1 Å². The van der Waals surface area contributed by atoms with Crippen LogP contribution in [0, 0.1) is 0 Å². The Morgan fingerprint density at radius 2 is 1.56 bits per heavy atom. The summed E-state index contributed by atoms with van der Waals surface area (Å²) in [5.41, 5.74) is 1.20. The predicted octanol–water partition coefficient (Wildman–Crippen LogP) is 3.44. The van der Waals surface area contributed by atoms with Crippen molar-refractivity contribution in [3.05, 3.63) is 70.7 Å². The molecule has 0 saturated carbocycles. The molecule has 2 aromatic carbocycles. The van der Waals surface area contributed by atoms with Gasteiger partial charge >= 0.3 is 0 Å². The van der Waals surface area contributed by atoms with E-state index in [-0.39, 0.29) is 31.2 Å². The van der Waals surface area contributed by atoms with Crippen molar-refractivity contribution >= 4 is 29.3 Å². The topological polar surface area (TPSA) is 57.7 Å². The van der Waals surface area contributed by atoms with E-state index in [1.54, 1.807) is 24.3 Å². The molecular formula is C19H17ClN2O3. The summed E-state index contributed by atoms with van der Waals surface area (Å²) in [5, 5.41) is 2.73. The van der Waals surface area contributed by atoms with Gasteiger partial charge in [-0.2, -0.15) is 5.01 Å². The third-order valence-electron chi connectivity index (χ3n) is 4.00. The van der Waals surface area contributed by atoms with Crippen molar-refractivity contribution < 1.29 is 14.4 Å². The smallest absolute Gasteiger partial charge is 0.273 e. The number of carbonyl (C=O) groups is 3. The Balaban J connectivity index is 1.95. The van der Waals surface area contributed by atoms with Gasteiger partial charge in [0.15, 0.2) is 0 Å². The summed E-state index contributed by atoms with van der Waals surface area (Å²) < 4.78 is 0. The minimum Gasteiger partial charge on any atom is -0.273 e. The molecule has 1 fully saturated rings. The molecule has 1 aliphatic rings. The summed E-state index contributed by atoms with van der Waals surface area (Å²) in [6.07, 6.45) is 1.03. The van der Waals surface area contributed by atoms with Gasteiger partial charge in [-0.25, -0.2) is 5.01 Å². The van der Waals surface area contributed by atoms with E-state index in [2.05, 4.69) is 0 Å². The normalized spacial score (nSPS) is 14.5. The molecule has 5 nitrogen and oxygen atoms in total. The molecule has 1 aliphatic heterocycles. The van der Waals surface area contributed by atoms with E-state index < -0.39 is 5.91 Å². The number of hydrogen-bond donors (Lipinski definition) is 0. The SMILES string of the molecule is O=C(c1ccc(Cl)cc1)N(Cc1ccccc1)N1C(=O)CCCC1=O. The molecule has 0 unspecified atom stereocenters. The highest BCUT2D eigenvalue weighted by atomic mass is 35.5. The second-order valence-electron chi connectivity index (χ2n) is 5.81. The minimum absolute atomic E-state index is 0.139. The van der Waals surface area contributed by atoms with Crippen LogP contribution in [0.1, 0.15) is 35.2 Å². The number of halogens is 1. The highest BCUT2D eigenvalue weighted by Gasteiger charge is 2.34. The molecule has 0 aliphatic carbocycles. The van der Waals surface area contributed by atoms with E-state index in [9.17, 15) is 14.4 Å². The summed E-state index contributed by atoms with van der Waals surface area (Å²) >= 11 is 5.88. The maximum absolute atomic E-state index is 13.0. The molecule has 0 radical (unpaired) electrons. The Labute approximate surface area is 150 Å². The van der Waals surface area contributed by atoms with Crippen LogP contribution >= 0.6 is 11.6 Å². The van der Waals surface area contributed by atoms with Gasteiger partial charge in [0, 0.05) is 23.4 Å². The van der Waals surface area contributed by atoms with E-state index in [0.717, 1.165) is 10.6 Å². The number of amides is 3. The van der Waals surface area contributed by atoms with Gasteiger partial charge in [0.1, 0.15) is 0 Å². The average Bonchev–Trinajstić information content (AvgIpc) is 2.61. The van der Waals surface area contributed by atoms with E-state index in [1.807, 2.05) is 30.3 Å². The van der Waals surface area contributed by atoms with Gasteiger partial charge in [-0.05, 0) is 36.2 Å². The maximum atomic E-state index is 13.0. The molecule has 1 heterocycles. The molecule has 0 bridgehead atoms. The Morgan fingerprint density at radius 1 is 0.960 bits per heavy atom. The van der Waals surface area contributed by atoms with E-state index in [1.165, 1.54) is 5.01 Å². The fourth-order valence-electron chi connectivity index (χ4n) is 2.74. The van der Waals surface area contributed by atoms with Crippen LogP contribution in [-0.4, -0.2) is 27.7 Å². The molecule has 3 amide bonds. The lowest BCUT2D eigenvalue weighted by Crippen LogP contribution is -2.54. The van der Waals surface area contributed by atoms with Crippen molar-refractivity contribution in [1.29, 1.82) is 0 Å². The average molecular weight is 357 g/mol. The van der Waals surface area contributed by atoms with E-state index >= 15 is 0 Å². The fraction of sp³-hybridized carbons (Fsp3) is 0.211. The molecule has 0 atom stereocenters. The van der Waals surface area contributed by atoms with Crippen LogP contribution in [0.4, 0.5) is 0 Å². The third kappa shape index (κ3) is 3.88. The standard InChI is InChI=1S/C19H17ClN2O3/c20-16-11-9-15(10-12-16)19(25)21(13-14-5-2-1-3-6-14)22-17(23)7-4-8-18(22)24/h1-3,5-6,9-12H,4,7-8,13H2. The van der Waals surface area contributed by atoms with Crippen LogP contribution in [0.5, 0.6) is 0 Å². The fourth-order valence-corrected chi connectivity index (χ4v) is 2.87. The van der Waals surface area contributed by atoms with Crippen LogP contribution in [0.3, 0.4) is 0 Å². The summed E-state index contributed by atoms with van der Waals surface area (Å²) in [7, 11) is 0. The van der Waals surface area contributed by atoms with Gasteiger partial charge in [0.25, 0.3) is 5.91 Å². The Hall–Kier alpha value is -2.66. The summed E-state index contributed by atoms with van der Waals surface area (Å²) in [4.78, 5) is 37.6. The van der Waals surface area contributed by atoms with Gasteiger partial charge in [0.2, 0.25) is 11.8 Å². The zero-order valence-corrected chi connectivity index (χ0v) is 14.3. The van der Waals surface area contributed by atoms with Gasteiger partial charge in [-0.3, -0.25) is 14.4 Å². The molecule has 0 spiro atoms. The zero-order chi connectivity index (χ0) is 17.8. The molecule has 128 valence electrons. The van der Waals surface area contributed by atoms with Crippen molar-refractivity contribution in [2.45, 2.75) is 25.8 Å². The van der Waals surface area contributed by atoms with Crippen LogP contribution in [0.2, 0.25) is 5.02 Å². The number of rotatable bonds is 4. The molecule has 25 heavy (non-hydrogen) atoms. The number of piperidine rings is 1. The highest BCUT2D eigenvalue weighted by molar-refractivity contribution is 6.30. The first-order valence-electron chi connectivity index (χ1n) is 8.03. The lowest BCUT2D eigenvalue weighted by molar-refractivity contribution is -0.164. The predicted molar refractivity (Wildman–Crippen MR) is 93.5 cm³/mol. The largest absolute Gasteiger partial charge is 0.273 e. The Bertz CT molecular complexity index is 774. The molecule has 0 N–H and O–H groups in total. The molecule has 2 aromatic rings. The van der Waals surface area contributed by atoms with E-state index in [0.29, 0.717) is 17.0 Å². The van der Waals surface area contributed by atoms with Gasteiger partial charge in [-0.15, -0.1) is 0 Å². The second kappa shape index (κ2) is 7.49. The summed E-state index contributed by atoms with van der Waals surface area (Å²) in [6.45, 7) is 0.139. The number of hydrogen-bond acceptors (Lipinski definition) is 3. The van der Waals surface area contributed by atoms with Crippen LogP contribution < -0.4 is 0 Å². The van der Waals surface area contributed by atoms with Crippen molar-refractivity contribution in [3.8, 4) is 0 Å². The van der Waals surface area contributed by atoms with Crippen molar-refractivity contribution in [3.63, 3.8) is 0 Å². The number of benzene rings is 2. The second-order valence-corrected chi connectivity index (χ2v) is 6.24. The highest BCUT2D eigenvalue weighted by Crippen LogP contribution is 2.20. The zero-order valence-electron chi connectivity index (χ0n) is 13.5. The first-order valence-corrected chi connectivity index (χ1v) is 8.41. The lowest BCUT2D eigenvalue weighted by Gasteiger charge is -2.35. The number of imide groups is 1. The Kier molecular flexibility index (Phi) is 5.14. The quantitative estimate of drug-likeness (QED) is 0.788. The number of hydrazine groups is 1. The molecule has 1 saturated heterocycles. The van der Waals surface area contributed by atoms with Crippen molar-refractivity contribution in [2.75, 3.05) is 0 Å².